The van der Waals surface area contributed by atoms with E-state index in [0.29, 0.717) is 11.0 Å². The van der Waals surface area contributed by atoms with Crippen molar-refractivity contribution < 1.29 is 13.2 Å². The van der Waals surface area contributed by atoms with Crippen molar-refractivity contribution in [2.24, 2.45) is 0 Å². The maximum absolute atomic E-state index is 12.5. The van der Waals surface area contributed by atoms with Crippen molar-refractivity contribution in [2.45, 2.75) is 13.1 Å². The molecule has 0 aliphatic carbocycles. The molecule has 0 bridgehead atoms. The molecule has 0 unspecified atom stereocenters. The highest BCUT2D eigenvalue weighted by molar-refractivity contribution is 9.10. The van der Waals surface area contributed by atoms with Crippen molar-refractivity contribution in [3.05, 3.63) is 28.2 Å². The van der Waals surface area contributed by atoms with Crippen LogP contribution in [0.25, 0.3) is 0 Å². The highest BCUT2D eigenvalue weighted by Crippen LogP contribution is 2.36. The third-order valence-corrected chi connectivity index (χ3v) is 2.15. The van der Waals surface area contributed by atoms with Gasteiger partial charge in [-0.1, -0.05) is 15.9 Å². The van der Waals surface area contributed by atoms with E-state index in [0.717, 1.165) is 6.07 Å². The first-order valence-corrected chi connectivity index (χ1v) is 4.85. The van der Waals surface area contributed by atoms with Crippen LogP contribution in [0.5, 0.6) is 0 Å². The summed E-state index contributed by atoms with van der Waals surface area (Å²) in [5.41, 5.74) is -0.531. The number of anilines is 1. The Morgan fingerprint density at radius 3 is 2.50 bits per heavy atom. The van der Waals surface area contributed by atoms with E-state index in [1.54, 1.807) is 13.0 Å². The average molecular weight is 268 g/mol. The van der Waals surface area contributed by atoms with Gasteiger partial charge in [0.25, 0.3) is 0 Å². The summed E-state index contributed by atoms with van der Waals surface area (Å²) in [6.07, 6.45) is -4.32. The lowest BCUT2D eigenvalue weighted by Crippen LogP contribution is -2.10. The topological polar surface area (TPSA) is 12.0 Å². The van der Waals surface area contributed by atoms with Crippen molar-refractivity contribution in [3.8, 4) is 0 Å². The van der Waals surface area contributed by atoms with E-state index < -0.39 is 11.7 Å². The Bertz CT molecular complexity index is 322. The maximum Gasteiger partial charge on any atom is 0.418 e. The normalized spacial score (nSPS) is 11.5. The minimum Gasteiger partial charge on any atom is -0.385 e. The summed E-state index contributed by atoms with van der Waals surface area (Å²) >= 11 is 3.01. The van der Waals surface area contributed by atoms with Gasteiger partial charge in [-0.15, -0.1) is 0 Å². The average Bonchev–Trinajstić information content (AvgIpc) is 2.07. The van der Waals surface area contributed by atoms with Gasteiger partial charge in [-0.05, 0) is 25.1 Å². The predicted octanol–water partition coefficient (Wildman–Crippen LogP) is 3.90. The molecule has 0 aliphatic rings. The number of hydrogen-bond acceptors (Lipinski definition) is 1. The first-order chi connectivity index (χ1) is 6.45. The van der Waals surface area contributed by atoms with E-state index in [4.69, 9.17) is 0 Å². The Hall–Kier alpha value is -0.710. The smallest absolute Gasteiger partial charge is 0.385 e. The first-order valence-electron chi connectivity index (χ1n) is 4.05. The van der Waals surface area contributed by atoms with E-state index in [1.165, 1.54) is 6.07 Å². The largest absolute Gasteiger partial charge is 0.418 e. The quantitative estimate of drug-likeness (QED) is 0.857. The lowest BCUT2D eigenvalue weighted by Gasteiger charge is -2.13. The van der Waals surface area contributed by atoms with Crippen LogP contribution in [0.3, 0.4) is 0 Å². The molecule has 0 radical (unpaired) electrons. The molecule has 1 rings (SSSR count). The lowest BCUT2D eigenvalue weighted by molar-refractivity contribution is -0.137. The lowest BCUT2D eigenvalue weighted by atomic mass is 10.1. The van der Waals surface area contributed by atoms with Gasteiger partial charge in [-0.2, -0.15) is 13.2 Å². The number of hydrogen-bond donors (Lipinski definition) is 1. The first kappa shape index (κ1) is 11.4. The molecule has 1 aromatic rings. The zero-order chi connectivity index (χ0) is 10.8. The van der Waals surface area contributed by atoms with Crippen molar-refractivity contribution in [2.75, 3.05) is 11.9 Å². The molecule has 0 fully saturated rings. The standard InChI is InChI=1S/C9H9BrF3N/c1-2-14-8-4-3-6(10)5-7(8)9(11,12)13/h3-5,14H,2H2,1H3. The molecule has 0 heterocycles. The number of rotatable bonds is 2. The SMILES string of the molecule is CCNc1ccc(Br)cc1C(F)(F)F. The fraction of sp³-hybridized carbons (Fsp3) is 0.333. The van der Waals surface area contributed by atoms with Crippen molar-refractivity contribution in [1.82, 2.24) is 0 Å². The molecule has 0 saturated heterocycles. The minimum atomic E-state index is -4.32. The van der Waals surface area contributed by atoms with Gasteiger partial charge in [0.2, 0.25) is 0 Å². The Morgan fingerprint density at radius 2 is 2.00 bits per heavy atom. The number of benzene rings is 1. The molecule has 0 atom stereocenters. The van der Waals surface area contributed by atoms with Crippen LogP contribution in [0, 0.1) is 0 Å². The van der Waals surface area contributed by atoms with Gasteiger partial charge in [0, 0.05) is 16.7 Å². The fourth-order valence-corrected chi connectivity index (χ4v) is 1.46. The summed E-state index contributed by atoms with van der Waals surface area (Å²) in [5.74, 6) is 0. The van der Waals surface area contributed by atoms with Crippen molar-refractivity contribution in [3.63, 3.8) is 0 Å². The van der Waals surface area contributed by atoms with E-state index >= 15 is 0 Å². The van der Waals surface area contributed by atoms with Crippen LogP contribution in [-0.2, 0) is 6.18 Å². The van der Waals surface area contributed by atoms with E-state index in [1.807, 2.05) is 0 Å². The second kappa shape index (κ2) is 4.21. The molecular formula is C9H9BrF3N. The molecule has 1 N–H and O–H groups in total. The Kier molecular flexibility index (Phi) is 3.42. The zero-order valence-electron chi connectivity index (χ0n) is 7.45. The van der Waals surface area contributed by atoms with Crippen LogP contribution in [0.1, 0.15) is 12.5 Å². The minimum absolute atomic E-state index is 0.114. The monoisotopic (exact) mass is 267 g/mol. The summed E-state index contributed by atoms with van der Waals surface area (Å²) in [5, 5.41) is 2.67. The highest BCUT2D eigenvalue weighted by atomic mass is 79.9. The molecule has 0 saturated carbocycles. The van der Waals surface area contributed by atoms with Crippen LogP contribution in [-0.4, -0.2) is 6.54 Å². The molecule has 78 valence electrons. The van der Waals surface area contributed by atoms with Gasteiger partial charge >= 0.3 is 6.18 Å². The van der Waals surface area contributed by atoms with E-state index in [2.05, 4.69) is 21.2 Å². The number of halogens is 4. The summed E-state index contributed by atoms with van der Waals surface area (Å²) in [7, 11) is 0. The van der Waals surface area contributed by atoms with Gasteiger partial charge in [0.15, 0.2) is 0 Å². The molecule has 14 heavy (non-hydrogen) atoms. The molecule has 0 amide bonds. The van der Waals surface area contributed by atoms with Gasteiger partial charge in [0.1, 0.15) is 0 Å². The van der Waals surface area contributed by atoms with Gasteiger partial charge in [0.05, 0.1) is 5.56 Å². The number of alkyl halides is 3. The molecule has 0 aromatic heterocycles. The molecule has 5 heteroatoms. The molecule has 1 nitrogen and oxygen atoms in total. The van der Waals surface area contributed by atoms with E-state index in [9.17, 15) is 13.2 Å². The zero-order valence-corrected chi connectivity index (χ0v) is 9.04. The summed E-state index contributed by atoms with van der Waals surface area (Å²) in [6, 6.07) is 4.06. The van der Waals surface area contributed by atoms with Crippen LogP contribution < -0.4 is 5.32 Å². The second-order valence-electron chi connectivity index (χ2n) is 2.72. The fourth-order valence-electron chi connectivity index (χ4n) is 1.10. The third-order valence-electron chi connectivity index (χ3n) is 1.65. The highest BCUT2D eigenvalue weighted by Gasteiger charge is 2.33. The van der Waals surface area contributed by atoms with Crippen LogP contribution in [0.4, 0.5) is 18.9 Å². The Balaban J connectivity index is 3.16. The van der Waals surface area contributed by atoms with Crippen molar-refractivity contribution >= 4 is 21.6 Å². The summed E-state index contributed by atoms with van der Waals surface area (Å²) in [6.45, 7) is 2.22. The molecule has 0 spiro atoms. The van der Waals surface area contributed by atoms with Crippen molar-refractivity contribution in [1.29, 1.82) is 0 Å². The maximum atomic E-state index is 12.5. The van der Waals surface area contributed by atoms with Crippen LogP contribution in [0.2, 0.25) is 0 Å². The third kappa shape index (κ3) is 2.64. The van der Waals surface area contributed by atoms with Crippen LogP contribution >= 0.6 is 15.9 Å². The predicted molar refractivity (Wildman–Crippen MR) is 53.3 cm³/mol. The van der Waals surface area contributed by atoms with Gasteiger partial charge in [-0.3, -0.25) is 0 Å². The summed E-state index contributed by atoms with van der Waals surface area (Å²) in [4.78, 5) is 0. The van der Waals surface area contributed by atoms with Crippen LogP contribution in [0.15, 0.2) is 22.7 Å². The summed E-state index contributed by atoms with van der Waals surface area (Å²) < 4.78 is 37.9. The Labute approximate surface area is 88.4 Å². The number of nitrogens with one attached hydrogen (secondary N) is 1. The second-order valence-corrected chi connectivity index (χ2v) is 3.63. The van der Waals surface area contributed by atoms with Gasteiger partial charge in [-0.25, -0.2) is 0 Å². The molecule has 0 aliphatic heterocycles. The molecule has 1 aromatic carbocycles. The van der Waals surface area contributed by atoms with E-state index in [-0.39, 0.29) is 5.69 Å². The van der Waals surface area contributed by atoms with Gasteiger partial charge < -0.3 is 5.32 Å². The molecular weight excluding hydrogens is 259 g/mol. The Morgan fingerprint density at radius 1 is 1.36 bits per heavy atom.